The summed E-state index contributed by atoms with van der Waals surface area (Å²) in [6, 6.07) is 6.89. The number of amidine groups is 1. The standard InChI is InChI=1S/C17H15N5O2/c18-8-16-10-4-1-2-5-11(10)21-13(12-6-3-7-24-12)17(16,9-19)14(20)22-15(16)23/h3,6-7,13,21H,1-2,4-5H2,(H2,20,22,23). The van der Waals surface area contributed by atoms with Crippen LogP contribution in [0.3, 0.4) is 0 Å². The van der Waals surface area contributed by atoms with Gasteiger partial charge in [-0.25, -0.2) is 0 Å². The highest BCUT2D eigenvalue weighted by atomic mass is 16.3. The molecule has 0 aromatic carbocycles. The van der Waals surface area contributed by atoms with E-state index in [0.717, 1.165) is 25.0 Å². The summed E-state index contributed by atoms with van der Waals surface area (Å²) in [6.07, 6.45) is 4.59. The molecule has 3 heterocycles. The number of fused-ring (bicyclic) bond motifs is 2. The van der Waals surface area contributed by atoms with Crippen LogP contribution in [0.4, 0.5) is 0 Å². The van der Waals surface area contributed by atoms with Crippen molar-refractivity contribution in [1.82, 2.24) is 10.6 Å². The summed E-state index contributed by atoms with van der Waals surface area (Å²) in [5, 5.41) is 34.2. The van der Waals surface area contributed by atoms with Gasteiger partial charge in [-0.05, 0) is 43.4 Å². The van der Waals surface area contributed by atoms with E-state index in [9.17, 15) is 15.3 Å². The first-order valence-electron chi connectivity index (χ1n) is 7.87. The smallest absolute Gasteiger partial charge is 0.252 e. The minimum absolute atomic E-state index is 0.248. The van der Waals surface area contributed by atoms with Crippen LogP contribution in [0, 0.1) is 38.9 Å². The molecule has 1 amide bonds. The normalized spacial score (nSPS) is 34.5. The van der Waals surface area contributed by atoms with Crippen molar-refractivity contribution in [2.45, 2.75) is 31.7 Å². The second kappa shape index (κ2) is 4.72. The number of amides is 1. The van der Waals surface area contributed by atoms with Crippen molar-refractivity contribution < 1.29 is 9.21 Å². The summed E-state index contributed by atoms with van der Waals surface area (Å²) in [5.74, 6) is -0.388. The lowest BCUT2D eigenvalue weighted by molar-refractivity contribution is -0.126. The molecule has 1 saturated heterocycles. The molecule has 0 spiro atoms. The quantitative estimate of drug-likeness (QED) is 0.728. The number of hydrogen-bond acceptors (Lipinski definition) is 6. The Morgan fingerprint density at radius 2 is 2.08 bits per heavy atom. The molecule has 3 N–H and O–H groups in total. The Morgan fingerprint density at radius 3 is 2.75 bits per heavy atom. The minimum atomic E-state index is -1.68. The maximum atomic E-state index is 12.8. The molecule has 0 radical (unpaired) electrons. The number of nitrogens with zero attached hydrogens (tertiary/aromatic N) is 2. The summed E-state index contributed by atoms with van der Waals surface area (Å²) in [6.45, 7) is 0. The lowest BCUT2D eigenvalue weighted by Crippen LogP contribution is -2.56. The van der Waals surface area contributed by atoms with Crippen molar-refractivity contribution in [1.29, 1.82) is 15.9 Å². The summed E-state index contributed by atoms with van der Waals surface area (Å²) >= 11 is 0. The number of carbonyl (C=O) groups is 1. The van der Waals surface area contributed by atoms with Gasteiger partial charge in [-0.1, -0.05) is 0 Å². The Labute approximate surface area is 138 Å². The lowest BCUT2D eigenvalue weighted by atomic mass is 9.54. The Balaban J connectivity index is 2.07. The molecule has 0 saturated carbocycles. The van der Waals surface area contributed by atoms with Crippen molar-refractivity contribution in [3.63, 3.8) is 0 Å². The summed E-state index contributed by atoms with van der Waals surface area (Å²) in [7, 11) is 0. The average molecular weight is 321 g/mol. The van der Waals surface area contributed by atoms with E-state index in [2.05, 4.69) is 22.8 Å². The van der Waals surface area contributed by atoms with E-state index in [1.54, 1.807) is 12.1 Å². The molecular weight excluding hydrogens is 306 g/mol. The number of nitrogens with one attached hydrogen (secondary N) is 3. The van der Waals surface area contributed by atoms with Gasteiger partial charge in [0, 0.05) is 5.70 Å². The summed E-state index contributed by atoms with van der Waals surface area (Å²) < 4.78 is 5.48. The number of nitriles is 2. The van der Waals surface area contributed by atoms with Crippen molar-refractivity contribution >= 4 is 11.7 Å². The van der Waals surface area contributed by atoms with Gasteiger partial charge in [0.25, 0.3) is 5.91 Å². The van der Waals surface area contributed by atoms with E-state index >= 15 is 0 Å². The average Bonchev–Trinajstić information content (AvgIpc) is 3.20. The largest absolute Gasteiger partial charge is 0.467 e. The van der Waals surface area contributed by atoms with Gasteiger partial charge in [0.1, 0.15) is 17.6 Å². The molecule has 1 aromatic rings. The maximum absolute atomic E-state index is 12.8. The fourth-order valence-electron chi connectivity index (χ4n) is 4.32. The Morgan fingerprint density at radius 1 is 1.29 bits per heavy atom. The number of carbonyl (C=O) groups excluding carboxylic acids is 1. The third-order valence-electron chi connectivity index (χ3n) is 5.41. The first-order valence-corrected chi connectivity index (χ1v) is 7.87. The van der Waals surface area contributed by atoms with Gasteiger partial charge in [-0.3, -0.25) is 10.2 Å². The Bertz CT molecular complexity index is 857. The molecule has 120 valence electrons. The monoisotopic (exact) mass is 321 g/mol. The topological polar surface area (TPSA) is 126 Å². The fourth-order valence-corrected chi connectivity index (χ4v) is 4.32. The van der Waals surface area contributed by atoms with Crippen LogP contribution in [0.1, 0.15) is 37.5 Å². The van der Waals surface area contributed by atoms with Crippen molar-refractivity contribution in [2.24, 2.45) is 10.8 Å². The molecule has 1 aliphatic carbocycles. The molecule has 7 heteroatoms. The van der Waals surface area contributed by atoms with E-state index in [0.29, 0.717) is 17.8 Å². The SMILES string of the molecule is N#CC12C(=O)NC(=N)C1(C#N)C(c1ccco1)NC1=C2CCCC1. The van der Waals surface area contributed by atoms with Crippen LogP contribution in [-0.4, -0.2) is 11.7 Å². The lowest BCUT2D eigenvalue weighted by Gasteiger charge is -2.46. The van der Waals surface area contributed by atoms with Gasteiger partial charge in [0.05, 0.1) is 18.4 Å². The second-order valence-corrected chi connectivity index (χ2v) is 6.37. The Hall–Kier alpha value is -3.06. The van der Waals surface area contributed by atoms with E-state index in [1.165, 1.54) is 6.26 Å². The van der Waals surface area contributed by atoms with Gasteiger partial charge < -0.3 is 15.1 Å². The number of rotatable bonds is 1. The molecule has 7 nitrogen and oxygen atoms in total. The second-order valence-electron chi connectivity index (χ2n) is 6.37. The van der Waals surface area contributed by atoms with Gasteiger partial charge in [0.15, 0.2) is 10.8 Å². The predicted molar refractivity (Wildman–Crippen MR) is 82.0 cm³/mol. The van der Waals surface area contributed by atoms with Gasteiger partial charge in [-0.15, -0.1) is 0 Å². The number of furan rings is 1. The zero-order valence-corrected chi connectivity index (χ0v) is 12.8. The third-order valence-corrected chi connectivity index (χ3v) is 5.41. The van der Waals surface area contributed by atoms with Crippen LogP contribution in [-0.2, 0) is 4.79 Å². The molecule has 3 aliphatic rings. The first kappa shape index (κ1) is 14.5. The summed E-state index contributed by atoms with van der Waals surface area (Å²) in [4.78, 5) is 12.8. The minimum Gasteiger partial charge on any atom is -0.467 e. The summed E-state index contributed by atoms with van der Waals surface area (Å²) in [5.41, 5.74) is -1.86. The molecule has 3 atom stereocenters. The maximum Gasteiger partial charge on any atom is 0.252 e. The number of allylic oxidation sites excluding steroid dienone is 1. The zero-order valence-electron chi connectivity index (χ0n) is 12.8. The molecule has 1 fully saturated rings. The molecule has 3 unspecified atom stereocenters. The molecule has 24 heavy (non-hydrogen) atoms. The molecule has 0 bridgehead atoms. The number of hydrogen-bond donors (Lipinski definition) is 3. The van der Waals surface area contributed by atoms with Crippen molar-refractivity contribution in [2.75, 3.05) is 0 Å². The molecular formula is C17H15N5O2. The highest BCUT2D eigenvalue weighted by Gasteiger charge is 2.74. The van der Waals surface area contributed by atoms with Crippen LogP contribution >= 0.6 is 0 Å². The van der Waals surface area contributed by atoms with Gasteiger partial charge >= 0.3 is 0 Å². The van der Waals surface area contributed by atoms with Crippen LogP contribution in [0.2, 0.25) is 0 Å². The van der Waals surface area contributed by atoms with Gasteiger partial charge in [0.2, 0.25) is 0 Å². The third kappa shape index (κ3) is 1.40. The van der Waals surface area contributed by atoms with E-state index in [-0.39, 0.29) is 5.84 Å². The van der Waals surface area contributed by atoms with E-state index < -0.39 is 22.8 Å². The predicted octanol–water partition coefficient (Wildman–Crippen LogP) is 1.88. The van der Waals surface area contributed by atoms with Crippen LogP contribution < -0.4 is 10.6 Å². The highest BCUT2D eigenvalue weighted by molar-refractivity contribution is 6.16. The van der Waals surface area contributed by atoms with Crippen LogP contribution in [0.15, 0.2) is 34.1 Å². The van der Waals surface area contributed by atoms with Crippen LogP contribution in [0.25, 0.3) is 0 Å². The molecule has 4 rings (SSSR count). The van der Waals surface area contributed by atoms with Gasteiger partial charge in [-0.2, -0.15) is 10.5 Å². The van der Waals surface area contributed by atoms with Crippen molar-refractivity contribution in [3.05, 3.63) is 35.4 Å². The molecule has 1 aromatic heterocycles. The zero-order chi connectivity index (χ0) is 16.9. The van der Waals surface area contributed by atoms with Crippen LogP contribution in [0.5, 0.6) is 0 Å². The Kier molecular flexibility index (Phi) is 2.86. The first-order chi connectivity index (χ1) is 11.6. The molecule has 2 aliphatic heterocycles. The van der Waals surface area contributed by atoms with E-state index in [1.807, 2.05) is 0 Å². The van der Waals surface area contributed by atoms with E-state index in [4.69, 9.17) is 9.83 Å². The van der Waals surface area contributed by atoms with Crippen molar-refractivity contribution in [3.8, 4) is 12.1 Å². The highest BCUT2D eigenvalue weighted by Crippen LogP contribution is 2.61. The fraction of sp³-hybridized carbons (Fsp3) is 0.412.